The third kappa shape index (κ3) is 3.08. The highest BCUT2D eigenvalue weighted by Gasteiger charge is 2.33. The largest absolute Gasteiger partial charge is 0.337 e. The van der Waals surface area contributed by atoms with Crippen molar-refractivity contribution in [1.29, 1.82) is 0 Å². The van der Waals surface area contributed by atoms with E-state index in [9.17, 15) is 13.2 Å². The van der Waals surface area contributed by atoms with Gasteiger partial charge in [-0.15, -0.1) is 0 Å². The number of rotatable bonds is 2. The van der Waals surface area contributed by atoms with E-state index >= 15 is 0 Å². The molecule has 2 heterocycles. The van der Waals surface area contributed by atoms with Crippen molar-refractivity contribution in [3.8, 4) is 0 Å². The number of nitrogens with one attached hydrogen (secondary N) is 1. The topological polar surface area (TPSA) is 83.1 Å². The zero-order valence-corrected chi connectivity index (χ0v) is 14.6. The first kappa shape index (κ1) is 16.7. The summed E-state index contributed by atoms with van der Waals surface area (Å²) in [4.78, 5) is 14.4. The fraction of sp³-hybridized carbons (Fsp3) is 0.412. The standard InChI is InChI=1S/C17H21N3O3S/c1-12-16(13(2)19-18-12)17(21)20-9-8-15(24(22,23)11-10-20)14-6-4-3-5-7-14/h3-7,15H,8-11H2,1-2H3,(H,18,19). The number of sulfone groups is 1. The third-order valence-electron chi connectivity index (χ3n) is 4.54. The molecule has 0 radical (unpaired) electrons. The number of carbonyl (C=O) groups excluding carboxylic acids is 1. The summed E-state index contributed by atoms with van der Waals surface area (Å²) in [6, 6.07) is 9.23. The van der Waals surface area contributed by atoms with Crippen molar-refractivity contribution in [1.82, 2.24) is 15.1 Å². The lowest BCUT2D eigenvalue weighted by Gasteiger charge is -2.20. The van der Waals surface area contributed by atoms with E-state index in [1.165, 1.54) is 0 Å². The molecule has 1 N–H and O–H groups in total. The summed E-state index contributed by atoms with van der Waals surface area (Å²) in [6.45, 7) is 4.21. The molecule has 7 heteroatoms. The molecule has 0 aliphatic carbocycles. The molecule has 0 spiro atoms. The van der Waals surface area contributed by atoms with Crippen LogP contribution in [0, 0.1) is 13.8 Å². The smallest absolute Gasteiger partial charge is 0.257 e. The number of aromatic nitrogens is 2. The van der Waals surface area contributed by atoms with Crippen molar-refractivity contribution in [2.45, 2.75) is 25.5 Å². The Morgan fingerprint density at radius 2 is 1.92 bits per heavy atom. The van der Waals surface area contributed by atoms with Gasteiger partial charge in [-0.2, -0.15) is 5.10 Å². The maximum absolute atomic E-state index is 12.8. The summed E-state index contributed by atoms with van der Waals surface area (Å²) in [5.41, 5.74) is 2.70. The number of hydrogen-bond donors (Lipinski definition) is 1. The lowest BCUT2D eigenvalue weighted by molar-refractivity contribution is 0.0765. The molecule has 1 fully saturated rings. The molecule has 1 unspecified atom stereocenters. The Hall–Kier alpha value is -2.15. The summed E-state index contributed by atoms with van der Waals surface area (Å²) in [5, 5.41) is 6.31. The van der Waals surface area contributed by atoms with Gasteiger partial charge in [0.15, 0.2) is 9.84 Å². The average Bonchev–Trinajstić information content (AvgIpc) is 2.80. The zero-order chi connectivity index (χ0) is 17.3. The molecule has 0 bridgehead atoms. The Morgan fingerprint density at radius 3 is 2.54 bits per heavy atom. The van der Waals surface area contributed by atoms with Gasteiger partial charge in [-0.3, -0.25) is 9.89 Å². The summed E-state index contributed by atoms with van der Waals surface area (Å²) in [5.74, 6) is -0.170. The molecule has 1 aromatic heterocycles. The number of aromatic amines is 1. The van der Waals surface area contributed by atoms with Crippen LogP contribution in [0.3, 0.4) is 0 Å². The quantitative estimate of drug-likeness (QED) is 0.901. The lowest BCUT2D eigenvalue weighted by atomic mass is 10.1. The fourth-order valence-electron chi connectivity index (χ4n) is 3.21. The first-order chi connectivity index (χ1) is 11.4. The molecule has 24 heavy (non-hydrogen) atoms. The molecule has 2 aromatic rings. The van der Waals surface area contributed by atoms with E-state index in [1.807, 2.05) is 30.3 Å². The van der Waals surface area contributed by atoms with Crippen molar-refractivity contribution in [3.05, 3.63) is 52.8 Å². The van der Waals surface area contributed by atoms with E-state index in [1.54, 1.807) is 18.7 Å². The maximum atomic E-state index is 12.8. The van der Waals surface area contributed by atoms with E-state index in [2.05, 4.69) is 10.2 Å². The Bertz CT molecular complexity index is 824. The number of amides is 1. The van der Waals surface area contributed by atoms with Crippen molar-refractivity contribution in [3.63, 3.8) is 0 Å². The minimum Gasteiger partial charge on any atom is -0.337 e. The van der Waals surface area contributed by atoms with E-state index in [0.29, 0.717) is 29.9 Å². The number of nitrogens with zero attached hydrogens (tertiary/aromatic N) is 2. The Labute approximate surface area is 141 Å². The highest BCUT2D eigenvalue weighted by atomic mass is 32.2. The number of hydrogen-bond acceptors (Lipinski definition) is 4. The minimum atomic E-state index is -3.29. The highest BCUT2D eigenvalue weighted by Crippen LogP contribution is 2.30. The van der Waals surface area contributed by atoms with Gasteiger partial charge in [-0.25, -0.2) is 8.42 Å². The Morgan fingerprint density at radius 1 is 1.21 bits per heavy atom. The number of aryl methyl sites for hydroxylation is 2. The predicted molar refractivity (Wildman–Crippen MR) is 91.6 cm³/mol. The van der Waals surface area contributed by atoms with Gasteiger partial charge in [0.05, 0.1) is 22.3 Å². The van der Waals surface area contributed by atoms with Crippen molar-refractivity contribution in [2.75, 3.05) is 18.8 Å². The molecule has 128 valence electrons. The predicted octanol–water partition coefficient (Wildman–Crippen LogP) is 2.03. The normalized spacial score (nSPS) is 20.6. The van der Waals surface area contributed by atoms with Crippen molar-refractivity contribution in [2.24, 2.45) is 0 Å². The highest BCUT2D eigenvalue weighted by molar-refractivity contribution is 7.91. The molecule has 1 atom stereocenters. The molecule has 1 aliphatic rings. The molecule has 1 aromatic carbocycles. The van der Waals surface area contributed by atoms with Crippen LogP contribution in [0.5, 0.6) is 0 Å². The third-order valence-corrected chi connectivity index (χ3v) is 6.67. The maximum Gasteiger partial charge on any atom is 0.257 e. The van der Waals surface area contributed by atoms with Gasteiger partial charge < -0.3 is 4.90 Å². The second-order valence-corrected chi connectivity index (χ2v) is 8.46. The van der Waals surface area contributed by atoms with Crippen LogP contribution in [0.1, 0.15) is 39.0 Å². The monoisotopic (exact) mass is 347 g/mol. The van der Waals surface area contributed by atoms with Crippen LogP contribution in [0.25, 0.3) is 0 Å². The second kappa shape index (κ2) is 6.39. The first-order valence-electron chi connectivity index (χ1n) is 7.97. The summed E-state index contributed by atoms with van der Waals surface area (Å²) in [6.07, 6.45) is 0.411. The number of carbonyl (C=O) groups is 1. The number of H-pyrrole nitrogens is 1. The lowest BCUT2D eigenvalue weighted by Crippen LogP contribution is -2.34. The summed E-state index contributed by atoms with van der Waals surface area (Å²) >= 11 is 0. The van der Waals surface area contributed by atoms with Gasteiger partial charge in [0.25, 0.3) is 5.91 Å². The molecule has 6 nitrogen and oxygen atoms in total. The summed E-state index contributed by atoms with van der Waals surface area (Å²) in [7, 11) is -3.29. The van der Waals surface area contributed by atoms with Crippen LogP contribution in [-0.4, -0.2) is 48.3 Å². The van der Waals surface area contributed by atoms with Crippen LogP contribution in [0.15, 0.2) is 30.3 Å². The molecule has 3 rings (SSSR count). The van der Waals surface area contributed by atoms with Gasteiger partial charge in [-0.05, 0) is 25.8 Å². The Kier molecular flexibility index (Phi) is 4.45. The minimum absolute atomic E-state index is 0.0196. The SMILES string of the molecule is Cc1n[nH]c(C)c1C(=O)N1CCC(c2ccccc2)S(=O)(=O)CC1. The molecule has 1 amide bonds. The van der Waals surface area contributed by atoms with E-state index in [0.717, 1.165) is 5.56 Å². The van der Waals surface area contributed by atoms with Crippen LogP contribution in [0.4, 0.5) is 0 Å². The van der Waals surface area contributed by atoms with Gasteiger partial charge in [0.2, 0.25) is 0 Å². The van der Waals surface area contributed by atoms with Gasteiger partial charge in [0.1, 0.15) is 0 Å². The molecular weight excluding hydrogens is 326 g/mol. The number of benzene rings is 1. The zero-order valence-electron chi connectivity index (χ0n) is 13.8. The van der Waals surface area contributed by atoms with Gasteiger partial charge in [-0.1, -0.05) is 30.3 Å². The Balaban J connectivity index is 1.85. The molecule has 1 aliphatic heterocycles. The first-order valence-corrected chi connectivity index (χ1v) is 9.69. The van der Waals surface area contributed by atoms with Crippen LogP contribution in [-0.2, 0) is 9.84 Å². The molecule has 0 saturated carbocycles. The second-order valence-electron chi connectivity index (χ2n) is 6.16. The van der Waals surface area contributed by atoms with E-state index < -0.39 is 15.1 Å². The van der Waals surface area contributed by atoms with Crippen molar-refractivity contribution >= 4 is 15.7 Å². The fourth-order valence-corrected chi connectivity index (χ4v) is 5.01. The van der Waals surface area contributed by atoms with Crippen LogP contribution >= 0.6 is 0 Å². The average molecular weight is 347 g/mol. The van der Waals surface area contributed by atoms with Gasteiger partial charge >= 0.3 is 0 Å². The van der Waals surface area contributed by atoms with Crippen molar-refractivity contribution < 1.29 is 13.2 Å². The van der Waals surface area contributed by atoms with Gasteiger partial charge in [0, 0.05) is 18.8 Å². The van der Waals surface area contributed by atoms with E-state index in [4.69, 9.17) is 0 Å². The summed E-state index contributed by atoms with van der Waals surface area (Å²) < 4.78 is 25.3. The van der Waals surface area contributed by atoms with Crippen LogP contribution in [0.2, 0.25) is 0 Å². The van der Waals surface area contributed by atoms with E-state index in [-0.39, 0.29) is 18.2 Å². The molecule has 1 saturated heterocycles. The molecular formula is C17H21N3O3S. The van der Waals surface area contributed by atoms with Crippen LogP contribution < -0.4 is 0 Å².